The molecule has 3 heterocycles. The van der Waals surface area contributed by atoms with E-state index in [-0.39, 0.29) is 11.9 Å². The summed E-state index contributed by atoms with van der Waals surface area (Å²) in [5, 5.41) is 14.8. The summed E-state index contributed by atoms with van der Waals surface area (Å²) in [5.41, 5.74) is 2.47. The molecule has 1 saturated heterocycles. The van der Waals surface area contributed by atoms with Gasteiger partial charge in [0.15, 0.2) is 0 Å². The monoisotopic (exact) mass is 328 g/mol. The number of likely N-dealkylation sites (tertiary alicyclic amines) is 1. The van der Waals surface area contributed by atoms with Gasteiger partial charge in [0.2, 0.25) is 10.8 Å². The number of thiazole rings is 1. The summed E-state index contributed by atoms with van der Waals surface area (Å²) >= 11 is 1.53. The Labute approximate surface area is 139 Å². The molecule has 6 heteroatoms. The zero-order valence-electron chi connectivity index (χ0n) is 13.1. The maximum Gasteiger partial charge on any atom is 0.230 e. The molecule has 0 unspecified atom stereocenters. The van der Waals surface area contributed by atoms with Crippen molar-refractivity contribution in [1.82, 2.24) is 19.5 Å². The van der Waals surface area contributed by atoms with Crippen LogP contribution in [0.3, 0.4) is 0 Å². The lowest BCUT2D eigenvalue weighted by molar-refractivity contribution is 0.186. The van der Waals surface area contributed by atoms with Crippen LogP contribution < -0.4 is 0 Å². The third kappa shape index (κ3) is 2.62. The number of aromatic nitrogens is 3. The number of fused-ring (bicyclic) bond motifs is 1. The molecule has 3 aromatic rings. The molecule has 1 atom stereocenters. The molecule has 0 bridgehead atoms. The zero-order chi connectivity index (χ0) is 15.8. The Kier molecular flexibility index (Phi) is 3.79. The maximum atomic E-state index is 10.6. The molecule has 1 aliphatic heterocycles. The molecule has 1 N–H and O–H groups in total. The first kappa shape index (κ1) is 14.7. The number of hydrogen-bond donors (Lipinski definition) is 1. The Morgan fingerprint density at radius 1 is 1.13 bits per heavy atom. The molecule has 4 rings (SSSR count). The zero-order valence-corrected chi connectivity index (χ0v) is 14.0. The molecule has 2 aromatic heterocycles. The second kappa shape index (κ2) is 5.94. The van der Waals surface area contributed by atoms with Crippen LogP contribution in [0.15, 0.2) is 30.6 Å². The lowest BCUT2D eigenvalue weighted by Gasteiger charge is -2.34. The number of aromatic hydroxyl groups is 1. The highest BCUT2D eigenvalue weighted by atomic mass is 32.1. The van der Waals surface area contributed by atoms with Gasteiger partial charge in [-0.25, -0.2) is 4.98 Å². The van der Waals surface area contributed by atoms with Crippen molar-refractivity contribution < 1.29 is 5.11 Å². The van der Waals surface area contributed by atoms with E-state index in [2.05, 4.69) is 46.2 Å². The van der Waals surface area contributed by atoms with Gasteiger partial charge in [-0.3, -0.25) is 4.90 Å². The summed E-state index contributed by atoms with van der Waals surface area (Å²) in [7, 11) is 0. The summed E-state index contributed by atoms with van der Waals surface area (Å²) in [4.78, 5) is 8.38. The number of rotatable bonds is 3. The highest BCUT2D eigenvalue weighted by molar-refractivity contribution is 7.17. The van der Waals surface area contributed by atoms with Gasteiger partial charge < -0.3 is 5.11 Å². The number of benzene rings is 1. The van der Waals surface area contributed by atoms with E-state index in [1.165, 1.54) is 52.6 Å². The van der Waals surface area contributed by atoms with Crippen LogP contribution >= 0.6 is 11.3 Å². The van der Waals surface area contributed by atoms with Crippen molar-refractivity contribution in [3.63, 3.8) is 0 Å². The topological polar surface area (TPSA) is 53.7 Å². The predicted molar refractivity (Wildman–Crippen MR) is 91.0 cm³/mol. The lowest BCUT2D eigenvalue weighted by atomic mass is 9.99. The summed E-state index contributed by atoms with van der Waals surface area (Å²) in [6, 6.07) is 8.69. The van der Waals surface area contributed by atoms with Crippen molar-refractivity contribution >= 4 is 16.3 Å². The molecule has 0 amide bonds. The van der Waals surface area contributed by atoms with Crippen molar-refractivity contribution in [2.75, 3.05) is 13.1 Å². The van der Waals surface area contributed by atoms with Gasteiger partial charge in [0.25, 0.3) is 0 Å². The van der Waals surface area contributed by atoms with Crippen molar-refractivity contribution in [3.05, 3.63) is 46.6 Å². The maximum absolute atomic E-state index is 10.6. The summed E-state index contributed by atoms with van der Waals surface area (Å²) in [6.45, 7) is 4.22. The van der Waals surface area contributed by atoms with Gasteiger partial charge >= 0.3 is 0 Å². The molecular formula is C17H20N4OS. The largest absolute Gasteiger partial charge is 0.492 e. The first-order chi connectivity index (χ1) is 11.2. The van der Waals surface area contributed by atoms with Gasteiger partial charge in [-0.15, -0.1) is 0 Å². The van der Waals surface area contributed by atoms with E-state index in [0.717, 1.165) is 22.9 Å². The van der Waals surface area contributed by atoms with Crippen LogP contribution in [-0.2, 0) is 0 Å². The summed E-state index contributed by atoms with van der Waals surface area (Å²) < 4.78 is 1.53. The van der Waals surface area contributed by atoms with Crippen LogP contribution in [0.1, 0.15) is 41.3 Å². The third-order valence-electron chi connectivity index (χ3n) is 4.54. The molecule has 1 fully saturated rings. The predicted octanol–water partition coefficient (Wildman–Crippen LogP) is 3.38. The Balaban J connectivity index is 1.81. The number of hydrogen-bond acceptors (Lipinski definition) is 5. The van der Waals surface area contributed by atoms with Crippen LogP contribution in [0.25, 0.3) is 4.96 Å². The standard InChI is InChI=1S/C17H20N4OS/c1-12-5-7-13(8-6-12)14(20-9-3-2-4-10-20)15-16(22)21-17(23-15)18-11-19-21/h5-8,11,14,22H,2-4,9-10H2,1H3/t14-/m1/s1. The quantitative estimate of drug-likeness (QED) is 0.801. The van der Waals surface area contributed by atoms with Crippen molar-refractivity contribution in [1.29, 1.82) is 0 Å². The normalized spacial score (nSPS) is 17.6. The minimum absolute atomic E-state index is 0.0735. The number of aryl methyl sites for hydroxylation is 1. The van der Waals surface area contributed by atoms with Crippen LogP contribution in [0.2, 0.25) is 0 Å². The number of piperidine rings is 1. The summed E-state index contributed by atoms with van der Waals surface area (Å²) in [6.07, 6.45) is 5.20. The highest BCUT2D eigenvalue weighted by Gasteiger charge is 2.29. The fourth-order valence-electron chi connectivity index (χ4n) is 3.33. The van der Waals surface area contributed by atoms with E-state index in [1.54, 1.807) is 0 Å². The second-order valence-corrected chi connectivity index (χ2v) is 7.16. The molecule has 5 nitrogen and oxygen atoms in total. The third-order valence-corrected chi connectivity index (χ3v) is 5.62. The SMILES string of the molecule is Cc1ccc([C@H](c2sc3ncnn3c2O)N2CCCCC2)cc1. The van der Waals surface area contributed by atoms with Gasteiger partial charge in [0.1, 0.15) is 6.33 Å². The molecule has 1 aromatic carbocycles. The van der Waals surface area contributed by atoms with E-state index in [4.69, 9.17) is 0 Å². The Bertz CT molecular complexity index is 802. The van der Waals surface area contributed by atoms with Gasteiger partial charge in [0, 0.05) is 0 Å². The van der Waals surface area contributed by atoms with Gasteiger partial charge in [-0.1, -0.05) is 47.6 Å². The lowest BCUT2D eigenvalue weighted by Crippen LogP contribution is -2.34. The van der Waals surface area contributed by atoms with Crippen molar-refractivity contribution in [2.24, 2.45) is 0 Å². The molecule has 120 valence electrons. The number of nitrogens with zero attached hydrogens (tertiary/aromatic N) is 4. The average molecular weight is 328 g/mol. The van der Waals surface area contributed by atoms with Crippen LogP contribution in [0.5, 0.6) is 5.88 Å². The van der Waals surface area contributed by atoms with E-state index in [0.29, 0.717) is 0 Å². The molecule has 0 saturated carbocycles. The minimum Gasteiger partial charge on any atom is -0.492 e. The van der Waals surface area contributed by atoms with E-state index in [1.807, 2.05) is 0 Å². The minimum atomic E-state index is 0.0735. The van der Waals surface area contributed by atoms with E-state index < -0.39 is 0 Å². The van der Waals surface area contributed by atoms with Crippen LogP contribution in [-0.4, -0.2) is 37.7 Å². The second-order valence-electron chi connectivity index (χ2n) is 6.15. The van der Waals surface area contributed by atoms with Crippen LogP contribution in [0.4, 0.5) is 0 Å². The molecular weight excluding hydrogens is 308 g/mol. The fraction of sp³-hybridized carbons (Fsp3) is 0.412. The first-order valence-electron chi connectivity index (χ1n) is 8.06. The Morgan fingerprint density at radius 2 is 1.87 bits per heavy atom. The molecule has 23 heavy (non-hydrogen) atoms. The van der Waals surface area contributed by atoms with Crippen LogP contribution in [0, 0.1) is 6.92 Å². The molecule has 0 radical (unpaired) electrons. The highest BCUT2D eigenvalue weighted by Crippen LogP contribution is 2.40. The van der Waals surface area contributed by atoms with E-state index in [9.17, 15) is 5.11 Å². The molecule has 1 aliphatic rings. The fourth-order valence-corrected chi connectivity index (χ4v) is 4.42. The van der Waals surface area contributed by atoms with Crippen molar-refractivity contribution in [2.45, 2.75) is 32.2 Å². The summed E-state index contributed by atoms with van der Waals surface area (Å²) in [5.74, 6) is 0.221. The van der Waals surface area contributed by atoms with E-state index >= 15 is 0 Å². The Hall–Kier alpha value is -1.92. The van der Waals surface area contributed by atoms with Gasteiger partial charge in [-0.05, 0) is 38.4 Å². The first-order valence-corrected chi connectivity index (χ1v) is 8.87. The molecule has 0 spiro atoms. The van der Waals surface area contributed by atoms with Gasteiger partial charge in [0.05, 0.1) is 10.9 Å². The Morgan fingerprint density at radius 3 is 2.57 bits per heavy atom. The van der Waals surface area contributed by atoms with Crippen molar-refractivity contribution in [3.8, 4) is 5.88 Å². The molecule has 0 aliphatic carbocycles. The average Bonchev–Trinajstić information content (AvgIpc) is 3.15. The smallest absolute Gasteiger partial charge is 0.230 e. The van der Waals surface area contributed by atoms with Gasteiger partial charge in [-0.2, -0.15) is 9.61 Å².